The highest BCUT2D eigenvalue weighted by Gasteiger charge is 2.29. The van der Waals surface area contributed by atoms with Crippen LogP contribution in [0.25, 0.3) is 6.08 Å². The maximum atomic E-state index is 12.9. The van der Waals surface area contributed by atoms with Crippen molar-refractivity contribution in [3.05, 3.63) is 71.8 Å². The van der Waals surface area contributed by atoms with Gasteiger partial charge in [0.25, 0.3) is 5.91 Å². The van der Waals surface area contributed by atoms with Crippen LogP contribution in [0.3, 0.4) is 0 Å². The molecule has 1 aliphatic rings. The lowest BCUT2D eigenvalue weighted by atomic mass is 10.0. The first kappa shape index (κ1) is 25.6. The van der Waals surface area contributed by atoms with Gasteiger partial charge in [-0.1, -0.05) is 56.3 Å². The Kier molecular flexibility index (Phi) is 8.98. The SMILES string of the molecule is CC(C)[C@H](NC(=O)c1cccc(S(=O)(=O)N2CCOCC2)c1)C(=O)OCC=Cc1ccccc1. The van der Waals surface area contributed by atoms with Crippen LogP contribution in [-0.4, -0.2) is 63.6 Å². The Morgan fingerprint density at radius 3 is 2.47 bits per heavy atom. The van der Waals surface area contributed by atoms with Gasteiger partial charge in [0.15, 0.2) is 0 Å². The molecule has 0 radical (unpaired) electrons. The quantitative estimate of drug-likeness (QED) is 0.547. The molecule has 3 rings (SSSR count). The lowest BCUT2D eigenvalue weighted by Crippen LogP contribution is -2.45. The number of nitrogens with one attached hydrogen (secondary N) is 1. The second kappa shape index (κ2) is 11.9. The number of ether oxygens (including phenoxy) is 2. The molecule has 1 aliphatic heterocycles. The van der Waals surface area contributed by atoms with E-state index >= 15 is 0 Å². The molecule has 0 spiro atoms. The highest BCUT2D eigenvalue weighted by Crippen LogP contribution is 2.19. The van der Waals surface area contributed by atoms with Gasteiger partial charge < -0.3 is 14.8 Å². The standard InChI is InChI=1S/C25H30N2O6S/c1-19(2)23(25(29)33-15-7-10-20-8-4-3-5-9-20)26-24(28)21-11-6-12-22(18-21)34(30,31)27-13-16-32-17-14-27/h3-12,18-19,23H,13-17H2,1-2H3,(H,26,28)/t23-/m0/s1. The Morgan fingerprint density at radius 2 is 1.79 bits per heavy atom. The van der Waals surface area contributed by atoms with Gasteiger partial charge in [0, 0.05) is 18.7 Å². The number of rotatable bonds is 9. The van der Waals surface area contributed by atoms with Crippen molar-refractivity contribution in [2.75, 3.05) is 32.9 Å². The summed E-state index contributed by atoms with van der Waals surface area (Å²) in [6.45, 7) is 4.85. The molecule has 182 valence electrons. The van der Waals surface area contributed by atoms with E-state index < -0.39 is 27.9 Å². The third-order valence-electron chi connectivity index (χ3n) is 5.34. The number of carbonyl (C=O) groups excluding carboxylic acids is 2. The van der Waals surface area contributed by atoms with E-state index in [1.54, 1.807) is 19.9 Å². The zero-order chi connectivity index (χ0) is 24.6. The number of morpholine rings is 1. The van der Waals surface area contributed by atoms with Gasteiger partial charge in [-0.15, -0.1) is 0 Å². The molecule has 0 saturated carbocycles. The predicted molar refractivity (Wildman–Crippen MR) is 129 cm³/mol. The average Bonchev–Trinajstić information content (AvgIpc) is 2.86. The number of nitrogens with zero attached hydrogens (tertiary/aromatic N) is 1. The van der Waals surface area contributed by atoms with Crippen molar-refractivity contribution in [3.63, 3.8) is 0 Å². The molecule has 1 saturated heterocycles. The van der Waals surface area contributed by atoms with E-state index in [4.69, 9.17) is 9.47 Å². The minimum absolute atomic E-state index is 0.0248. The molecule has 9 heteroatoms. The van der Waals surface area contributed by atoms with Crippen LogP contribution in [0.2, 0.25) is 0 Å². The number of hydrogen-bond acceptors (Lipinski definition) is 6. The maximum Gasteiger partial charge on any atom is 0.329 e. The Labute approximate surface area is 200 Å². The summed E-state index contributed by atoms with van der Waals surface area (Å²) >= 11 is 0. The Bertz CT molecular complexity index is 1110. The molecule has 1 N–H and O–H groups in total. The van der Waals surface area contributed by atoms with Gasteiger partial charge >= 0.3 is 5.97 Å². The summed E-state index contributed by atoms with van der Waals surface area (Å²) in [6.07, 6.45) is 3.57. The topological polar surface area (TPSA) is 102 Å². The summed E-state index contributed by atoms with van der Waals surface area (Å²) in [6, 6.07) is 14.5. The maximum absolute atomic E-state index is 12.9. The van der Waals surface area contributed by atoms with Crippen LogP contribution in [0, 0.1) is 5.92 Å². The van der Waals surface area contributed by atoms with Crippen LogP contribution in [0.1, 0.15) is 29.8 Å². The summed E-state index contributed by atoms with van der Waals surface area (Å²) in [7, 11) is -3.74. The van der Waals surface area contributed by atoms with Crippen molar-refractivity contribution in [2.24, 2.45) is 5.92 Å². The first-order valence-electron chi connectivity index (χ1n) is 11.2. The van der Waals surface area contributed by atoms with E-state index in [1.807, 2.05) is 36.4 Å². The normalized spacial score (nSPS) is 15.9. The average molecular weight is 487 g/mol. The monoisotopic (exact) mass is 486 g/mol. The number of benzene rings is 2. The van der Waals surface area contributed by atoms with E-state index in [9.17, 15) is 18.0 Å². The molecule has 2 aromatic carbocycles. The van der Waals surface area contributed by atoms with Gasteiger partial charge in [-0.05, 0) is 35.8 Å². The molecule has 0 aliphatic carbocycles. The summed E-state index contributed by atoms with van der Waals surface area (Å²) in [5, 5.41) is 2.68. The molecule has 0 unspecified atom stereocenters. The van der Waals surface area contributed by atoms with Crippen molar-refractivity contribution >= 4 is 28.0 Å². The largest absolute Gasteiger partial charge is 0.460 e. The molecule has 8 nitrogen and oxygen atoms in total. The minimum atomic E-state index is -3.74. The zero-order valence-corrected chi connectivity index (χ0v) is 20.2. The summed E-state index contributed by atoms with van der Waals surface area (Å²) in [5.74, 6) is -1.33. The molecule has 1 atom stereocenters. The van der Waals surface area contributed by atoms with E-state index in [2.05, 4.69) is 5.32 Å². The van der Waals surface area contributed by atoms with Crippen LogP contribution >= 0.6 is 0 Å². The summed E-state index contributed by atoms with van der Waals surface area (Å²) in [5.41, 5.74) is 1.14. The van der Waals surface area contributed by atoms with Crippen molar-refractivity contribution < 1.29 is 27.5 Å². The number of hydrogen-bond donors (Lipinski definition) is 1. The lowest BCUT2D eigenvalue weighted by Gasteiger charge is -2.26. The molecular weight excluding hydrogens is 456 g/mol. The van der Waals surface area contributed by atoms with E-state index in [0.717, 1.165) is 5.56 Å². The molecular formula is C25H30N2O6S. The fourth-order valence-corrected chi connectivity index (χ4v) is 4.88. The van der Waals surface area contributed by atoms with Crippen LogP contribution < -0.4 is 5.32 Å². The van der Waals surface area contributed by atoms with Crippen molar-refractivity contribution in [1.82, 2.24) is 9.62 Å². The van der Waals surface area contributed by atoms with E-state index in [-0.39, 0.29) is 36.1 Å². The molecule has 0 bridgehead atoms. The van der Waals surface area contributed by atoms with Gasteiger partial charge in [-0.25, -0.2) is 13.2 Å². The molecule has 1 amide bonds. The minimum Gasteiger partial charge on any atom is -0.460 e. The highest BCUT2D eigenvalue weighted by atomic mass is 32.2. The zero-order valence-electron chi connectivity index (χ0n) is 19.3. The van der Waals surface area contributed by atoms with Gasteiger partial charge in [-0.3, -0.25) is 4.79 Å². The van der Waals surface area contributed by atoms with Gasteiger partial charge in [0.2, 0.25) is 10.0 Å². The van der Waals surface area contributed by atoms with Crippen molar-refractivity contribution in [2.45, 2.75) is 24.8 Å². The van der Waals surface area contributed by atoms with Crippen molar-refractivity contribution in [1.29, 1.82) is 0 Å². The highest BCUT2D eigenvalue weighted by molar-refractivity contribution is 7.89. The van der Waals surface area contributed by atoms with Crippen LogP contribution in [0.15, 0.2) is 65.6 Å². The van der Waals surface area contributed by atoms with Crippen LogP contribution in [-0.2, 0) is 24.3 Å². The molecule has 1 fully saturated rings. The number of amides is 1. The van der Waals surface area contributed by atoms with E-state index in [1.165, 1.54) is 28.6 Å². The number of sulfonamides is 1. The Hall–Kier alpha value is -3.01. The molecule has 2 aromatic rings. The van der Waals surface area contributed by atoms with E-state index in [0.29, 0.717) is 13.2 Å². The number of esters is 1. The van der Waals surface area contributed by atoms with Crippen molar-refractivity contribution in [3.8, 4) is 0 Å². The Balaban J connectivity index is 1.64. The lowest BCUT2D eigenvalue weighted by molar-refractivity contribution is -0.145. The van der Waals surface area contributed by atoms with Crippen LogP contribution in [0.5, 0.6) is 0 Å². The fourth-order valence-electron chi connectivity index (χ4n) is 3.42. The second-order valence-electron chi connectivity index (χ2n) is 8.18. The first-order chi connectivity index (χ1) is 16.3. The molecule has 0 aromatic heterocycles. The second-order valence-corrected chi connectivity index (χ2v) is 10.1. The third kappa shape index (κ3) is 6.75. The molecule has 1 heterocycles. The fraction of sp³-hybridized carbons (Fsp3) is 0.360. The Morgan fingerprint density at radius 1 is 1.09 bits per heavy atom. The van der Waals surface area contributed by atoms with Gasteiger partial charge in [0.1, 0.15) is 12.6 Å². The molecule has 34 heavy (non-hydrogen) atoms. The number of carbonyl (C=O) groups is 2. The van der Waals surface area contributed by atoms with Gasteiger partial charge in [-0.2, -0.15) is 4.31 Å². The third-order valence-corrected chi connectivity index (χ3v) is 7.24. The smallest absolute Gasteiger partial charge is 0.329 e. The van der Waals surface area contributed by atoms with Crippen LogP contribution in [0.4, 0.5) is 0 Å². The summed E-state index contributed by atoms with van der Waals surface area (Å²) < 4.78 is 37.7. The van der Waals surface area contributed by atoms with Gasteiger partial charge in [0.05, 0.1) is 18.1 Å². The first-order valence-corrected chi connectivity index (χ1v) is 12.6. The summed E-state index contributed by atoms with van der Waals surface area (Å²) in [4.78, 5) is 25.5. The predicted octanol–water partition coefficient (Wildman–Crippen LogP) is 2.72.